The van der Waals surface area contributed by atoms with E-state index in [4.69, 9.17) is 4.74 Å². The molecule has 2 heterocycles. The fraction of sp³-hybridized carbons (Fsp3) is 0.263. The molecule has 0 aliphatic carbocycles. The van der Waals surface area contributed by atoms with Crippen molar-refractivity contribution in [1.82, 2.24) is 10.2 Å². The summed E-state index contributed by atoms with van der Waals surface area (Å²) in [5, 5.41) is 7.19. The largest absolute Gasteiger partial charge is 0.462 e. The first-order valence-corrected chi connectivity index (χ1v) is 10.9. The first-order chi connectivity index (χ1) is 13.2. The molecule has 0 bridgehead atoms. The molecule has 0 saturated heterocycles. The average molecular weight is 420 g/mol. The topological polar surface area (TPSA) is 101 Å². The Morgan fingerprint density at radius 2 is 2.00 bits per heavy atom. The van der Waals surface area contributed by atoms with Crippen LogP contribution in [0.2, 0.25) is 0 Å². The standard InChI is InChI=1S/C19H21N3O4S2/c1-5-26-19(23)14-7-6-8-15(9-14)22-28(24,25)17-10-16(27-13(17)4)18-11(2)12(3)20-21-18/h6-10,22H,5H2,1-4H3,(H,20,21). The second-order valence-corrected chi connectivity index (χ2v) is 9.17. The molecular weight excluding hydrogens is 398 g/mol. The minimum Gasteiger partial charge on any atom is -0.462 e. The summed E-state index contributed by atoms with van der Waals surface area (Å²) in [6, 6.07) is 7.85. The van der Waals surface area contributed by atoms with E-state index in [1.54, 1.807) is 38.1 Å². The number of aromatic amines is 1. The maximum atomic E-state index is 12.9. The lowest BCUT2D eigenvalue weighted by Crippen LogP contribution is -2.14. The molecule has 0 saturated carbocycles. The van der Waals surface area contributed by atoms with Crippen molar-refractivity contribution in [2.45, 2.75) is 32.6 Å². The summed E-state index contributed by atoms with van der Waals surface area (Å²) < 4.78 is 33.3. The van der Waals surface area contributed by atoms with E-state index < -0.39 is 16.0 Å². The van der Waals surface area contributed by atoms with E-state index in [0.29, 0.717) is 10.6 Å². The van der Waals surface area contributed by atoms with Crippen molar-refractivity contribution in [3.63, 3.8) is 0 Å². The van der Waals surface area contributed by atoms with Crippen LogP contribution in [0.1, 0.15) is 33.4 Å². The van der Waals surface area contributed by atoms with Crippen LogP contribution in [0.4, 0.5) is 5.69 Å². The monoisotopic (exact) mass is 419 g/mol. The number of carbonyl (C=O) groups is 1. The number of hydrogen-bond acceptors (Lipinski definition) is 6. The number of H-pyrrole nitrogens is 1. The highest BCUT2D eigenvalue weighted by atomic mass is 32.2. The summed E-state index contributed by atoms with van der Waals surface area (Å²) in [7, 11) is -3.82. The van der Waals surface area contributed by atoms with Crippen molar-refractivity contribution >= 4 is 33.0 Å². The van der Waals surface area contributed by atoms with E-state index in [-0.39, 0.29) is 17.1 Å². The van der Waals surface area contributed by atoms with Gasteiger partial charge in [-0.25, -0.2) is 13.2 Å². The summed E-state index contributed by atoms with van der Waals surface area (Å²) in [6.07, 6.45) is 0. The summed E-state index contributed by atoms with van der Waals surface area (Å²) in [5.41, 5.74) is 3.26. The fourth-order valence-corrected chi connectivity index (χ4v) is 5.40. The highest BCUT2D eigenvalue weighted by Gasteiger charge is 2.23. The Balaban J connectivity index is 1.91. The van der Waals surface area contributed by atoms with Gasteiger partial charge in [0.15, 0.2) is 0 Å². The SMILES string of the molecule is CCOC(=O)c1cccc(NS(=O)(=O)c2cc(-c3n[nH]c(C)c3C)sc2C)c1. The second-order valence-electron chi connectivity index (χ2n) is 6.26. The van der Waals surface area contributed by atoms with Gasteiger partial charge in [-0.2, -0.15) is 5.10 Å². The number of ether oxygens (including phenoxy) is 1. The van der Waals surface area contributed by atoms with Gasteiger partial charge in [-0.3, -0.25) is 9.82 Å². The molecule has 0 amide bonds. The lowest BCUT2D eigenvalue weighted by molar-refractivity contribution is 0.0526. The summed E-state index contributed by atoms with van der Waals surface area (Å²) in [6.45, 7) is 7.58. The molecule has 28 heavy (non-hydrogen) atoms. The van der Waals surface area contributed by atoms with Crippen LogP contribution >= 0.6 is 11.3 Å². The highest BCUT2D eigenvalue weighted by molar-refractivity contribution is 7.93. The van der Waals surface area contributed by atoms with E-state index in [9.17, 15) is 13.2 Å². The molecule has 0 unspecified atom stereocenters. The van der Waals surface area contributed by atoms with Gasteiger partial charge in [-0.05, 0) is 57.5 Å². The van der Waals surface area contributed by atoms with E-state index in [0.717, 1.165) is 21.8 Å². The third-order valence-corrected chi connectivity index (χ3v) is 6.97. The minimum atomic E-state index is -3.82. The summed E-state index contributed by atoms with van der Waals surface area (Å²) in [5.74, 6) is -0.498. The van der Waals surface area contributed by atoms with Gasteiger partial charge < -0.3 is 4.74 Å². The lowest BCUT2D eigenvalue weighted by Gasteiger charge is -2.09. The molecule has 3 aromatic rings. The van der Waals surface area contributed by atoms with E-state index in [1.807, 2.05) is 13.8 Å². The molecule has 9 heteroatoms. The third kappa shape index (κ3) is 3.95. The Bertz CT molecular complexity index is 1130. The number of nitrogens with one attached hydrogen (secondary N) is 2. The number of anilines is 1. The number of aromatic nitrogens is 2. The maximum Gasteiger partial charge on any atom is 0.338 e. The van der Waals surface area contributed by atoms with E-state index in [1.165, 1.54) is 17.4 Å². The highest BCUT2D eigenvalue weighted by Crippen LogP contribution is 2.35. The number of thiophene rings is 1. The van der Waals surface area contributed by atoms with Gasteiger partial charge in [0.1, 0.15) is 10.6 Å². The van der Waals surface area contributed by atoms with Crippen LogP contribution in [-0.4, -0.2) is 31.2 Å². The molecule has 2 aromatic heterocycles. The Morgan fingerprint density at radius 3 is 2.64 bits per heavy atom. The number of carbonyl (C=O) groups excluding carboxylic acids is 1. The van der Waals surface area contributed by atoms with Crippen LogP contribution in [-0.2, 0) is 14.8 Å². The average Bonchev–Trinajstić information content (AvgIpc) is 3.18. The fourth-order valence-electron chi connectivity index (χ4n) is 2.71. The van der Waals surface area contributed by atoms with Crippen molar-refractivity contribution in [3.8, 4) is 10.6 Å². The third-order valence-electron chi connectivity index (χ3n) is 4.27. The van der Waals surface area contributed by atoms with Gasteiger partial charge in [0.05, 0.1) is 17.0 Å². The second kappa shape index (κ2) is 7.76. The van der Waals surface area contributed by atoms with E-state index in [2.05, 4.69) is 14.9 Å². The van der Waals surface area contributed by atoms with Crippen molar-refractivity contribution < 1.29 is 17.9 Å². The maximum absolute atomic E-state index is 12.9. The smallest absolute Gasteiger partial charge is 0.338 e. The molecule has 0 atom stereocenters. The minimum absolute atomic E-state index is 0.189. The number of benzene rings is 1. The molecule has 148 valence electrons. The van der Waals surface area contributed by atoms with E-state index >= 15 is 0 Å². The van der Waals surface area contributed by atoms with Crippen molar-refractivity contribution in [1.29, 1.82) is 0 Å². The number of nitrogens with zero attached hydrogens (tertiary/aromatic N) is 1. The molecule has 7 nitrogen and oxygen atoms in total. The zero-order valence-corrected chi connectivity index (χ0v) is 17.6. The number of aryl methyl sites for hydroxylation is 2. The molecule has 0 spiro atoms. The van der Waals surface area contributed by atoms with Crippen molar-refractivity contribution in [2.24, 2.45) is 0 Å². The van der Waals surface area contributed by atoms with Crippen LogP contribution in [0.5, 0.6) is 0 Å². The van der Waals surface area contributed by atoms with Gasteiger partial charge >= 0.3 is 5.97 Å². The lowest BCUT2D eigenvalue weighted by atomic mass is 10.2. The molecule has 0 aliphatic heterocycles. The Morgan fingerprint density at radius 1 is 1.25 bits per heavy atom. The summed E-state index contributed by atoms with van der Waals surface area (Å²) >= 11 is 1.37. The normalized spacial score (nSPS) is 11.4. The van der Waals surface area contributed by atoms with Crippen LogP contribution in [0, 0.1) is 20.8 Å². The molecule has 1 aromatic carbocycles. The van der Waals surface area contributed by atoms with Crippen LogP contribution in [0.3, 0.4) is 0 Å². The first kappa shape index (κ1) is 20.1. The Kier molecular flexibility index (Phi) is 5.57. The number of esters is 1. The molecule has 3 rings (SSSR count). The van der Waals surface area contributed by atoms with Crippen LogP contribution < -0.4 is 4.72 Å². The Labute approximate surface area is 167 Å². The van der Waals surface area contributed by atoms with Crippen molar-refractivity contribution in [3.05, 3.63) is 52.0 Å². The zero-order valence-electron chi connectivity index (χ0n) is 16.0. The quantitative estimate of drug-likeness (QED) is 0.587. The van der Waals surface area contributed by atoms with Gasteiger partial charge in [-0.15, -0.1) is 11.3 Å². The first-order valence-electron chi connectivity index (χ1n) is 8.65. The van der Waals surface area contributed by atoms with Gasteiger partial charge in [-0.1, -0.05) is 6.07 Å². The molecular formula is C19H21N3O4S2. The van der Waals surface area contributed by atoms with Gasteiger partial charge in [0.25, 0.3) is 10.0 Å². The van der Waals surface area contributed by atoms with Gasteiger partial charge in [0.2, 0.25) is 0 Å². The Hall–Kier alpha value is -2.65. The van der Waals surface area contributed by atoms with Gasteiger partial charge in [0, 0.05) is 16.3 Å². The molecule has 0 fully saturated rings. The zero-order chi connectivity index (χ0) is 20.5. The van der Waals surface area contributed by atoms with Crippen molar-refractivity contribution in [2.75, 3.05) is 11.3 Å². The number of sulfonamides is 1. The predicted octanol–water partition coefficient (Wildman–Crippen LogP) is 4.04. The number of hydrogen-bond donors (Lipinski definition) is 2. The van der Waals surface area contributed by atoms with Crippen LogP contribution in [0.25, 0.3) is 10.6 Å². The molecule has 0 aliphatic rings. The predicted molar refractivity (Wildman–Crippen MR) is 109 cm³/mol. The molecule has 0 radical (unpaired) electrons. The van der Waals surface area contributed by atoms with Crippen LogP contribution in [0.15, 0.2) is 35.2 Å². The summed E-state index contributed by atoms with van der Waals surface area (Å²) in [4.78, 5) is 13.5. The molecule has 2 N–H and O–H groups in total. The number of rotatable bonds is 6.